The molecule has 0 atom stereocenters. The number of hydrogen-bond donors (Lipinski definition) is 1. The van der Waals surface area contributed by atoms with Gasteiger partial charge >= 0.3 is 5.97 Å². The van der Waals surface area contributed by atoms with Crippen molar-refractivity contribution in [2.24, 2.45) is 0 Å². The zero-order chi connectivity index (χ0) is 18.2. The van der Waals surface area contributed by atoms with Crippen LogP contribution in [-0.2, 0) is 4.74 Å². The smallest absolute Gasteiger partial charge is 0.340 e. The largest absolute Gasteiger partial charge is 0.462 e. The highest BCUT2D eigenvalue weighted by molar-refractivity contribution is 5.96. The van der Waals surface area contributed by atoms with E-state index in [4.69, 9.17) is 4.74 Å². The second-order valence-corrected chi connectivity index (χ2v) is 5.16. The number of carbonyl (C=O) groups is 2. The van der Waals surface area contributed by atoms with Gasteiger partial charge in [-0.05, 0) is 32.9 Å². The lowest BCUT2D eigenvalue weighted by atomic mass is 10.2. The SMILES string of the molecule is CCOC(=O)c1ccccc1Nc1ncc(C(=O)N(CC)CC)cn1. The van der Waals surface area contributed by atoms with Gasteiger partial charge in [-0.1, -0.05) is 12.1 Å². The molecular formula is C18H22N4O3. The number of benzene rings is 1. The van der Waals surface area contributed by atoms with Crippen LogP contribution in [0.3, 0.4) is 0 Å². The minimum absolute atomic E-state index is 0.108. The van der Waals surface area contributed by atoms with E-state index in [1.54, 1.807) is 36.1 Å². The number of nitrogens with zero attached hydrogens (tertiary/aromatic N) is 3. The topological polar surface area (TPSA) is 84.4 Å². The van der Waals surface area contributed by atoms with Crippen molar-refractivity contribution < 1.29 is 14.3 Å². The zero-order valence-corrected chi connectivity index (χ0v) is 14.7. The summed E-state index contributed by atoms with van der Waals surface area (Å²) in [4.78, 5) is 34.3. The molecule has 0 fully saturated rings. The third kappa shape index (κ3) is 4.53. The Hall–Kier alpha value is -2.96. The predicted molar refractivity (Wildman–Crippen MR) is 95.0 cm³/mol. The van der Waals surface area contributed by atoms with Gasteiger partial charge in [0.05, 0.1) is 23.4 Å². The molecule has 25 heavy (non-hydrogen) atoms. The molecule has 1 amide bonds. The van der Waals surface area contributed by atoms with Gasteiger partial charge in [-0.15, -0.1) is 0 Å². The minimum Gasteiger partial charge on any atom is -0.462 e. The van der Waals surface area contributed by atoms with Crippen LogP contribution in [-0.4, -0.2) is 46.4 Å². The summed E-state index contributed by atoms with van der Waals surface area (Å²) in [5.41, 5.74) is 1.37. The average molecular weight is 342 g/mol. The van der Waals surface area contributed by atoms with Gasteiger partial charge < -0.3 is 15.0 Å². The van der Waals surface area contributed by atoms with Crippen LogP contribution >= 0.6 is 0 Å². The van der Waals surface area contributed by atoms with Crippen molar-refractivity contribution in [3.63, 3.8) is 0 Å². The number of esters is 1. The maximum absolute atomic E-state index is 12.3. The number of nitrogens with one attached hydrogen (secondary N) is 1. The van der Waals surface area contributed by atoms with Gasteiger partial charge in [0, 0.05) is 25.5 Å². The number of ether oxygens (including phenoxy) is 1. The second kappa shape index (κ2) is 8.77. The average Bonchev–Trinajstić information content (AvgIpc) is 2.64. The molecule has 0 saturated heterocycles. The van der Waals surface area contributed by atoms with Gasteiger partial charge in [0.25, 0.3) is 5.91 Å². The van der Waals surface area contributed by atoms with Crippen LogP contribution in [0, 0.1) is 0 Å². The van der Waals surface area contributed by atoms with Crippen molar-refractivity contribution in [2.75, 3.05) is 25.0 Å². The third-order valence-corrected chi connectivity index (χ3v) is 3.62. The molecule has 2 aromatic rings. The Morgan fingerprint density at radius 3 is 2.32 bits per heavy atom. The number of para-hydroxylation sites is 1. The van der Waals surface area contributed by atoms with Gasteiger partial charge in [0.15, 0.2) is 0 Å². The fourth-order valence-electron chi connectivity index (χ4n) is 2.30. The lowest BCUT2D eigenvalue weighted by Gasteiger charge is -2.18. The third-order valence-electron chi connectivity index (χ3n) is 3.62. The molecule has 0 aliphatic rings. The van der Waals surface area contributed by atoms with Crippen LogP contribution in [0.15, 0.2) is 36.7 Å². The summed E-state index contributed by atoms with van der Waals surface area (Å²) in [5, 5.41) is 2.99. The molecular weight excluding hydrogens is 320 g/mol. The Morgan fingerprint density at radius 2 is 1.72 bits per heavy atom. The minimum atomic E-state index is -0.418. The lowest BCUT2D eigenvalue weighted by Crippen LogP contribution is -2.30. The van der Waals surface area contributed by atoms with E-state index in [9.17, 15) is 9.59 Å². The van der Waals surface area contributed by atoms with Crippen LogP contribution in [0.25, 0.3) is 0 Å². The van der Waals surface area contributed by atoms with Crippen molar-refractivity contribution in [1.82, 2.24) is 14.9 Å². The molecule has 132 valence electrons. The first-order valence-corrected chi connectivity index (χ1v) is 8.25. The molecule has 0 radical (unpaired) electrons. The Bertz CT molecular complexity index is 727. The van der Waals surface area contributed by atoms with Crippen LogP contribution < -0.4 is 5.32 Å². The Kier molecular flexibility index (Phi) is 6.45. The zero-order valence-electron chi connectivity index (χ0n) is 14.7. The monoisotopic (exact) mass is 342 g/mol. The number of carbonyl (C=O) groups excluding carboxylic acids is 2. The van der Waals surface area contributed by atoms with E-state index in [0.717, 1.165) is 0 Å². The molecule has 0 unspecified atom stereocenters. The van der Waals surface area contributed by atoms with Gasteiger partial charge in [-0.3, -0.25) is 4.79 Å². The van der Waals surface area contributed by atoms with E-state index in [2.05, 4.69) is 15.3 Å². The Labute approximate surface area is 147 Å². The van der Waals surface area contributed by atoms with Crippen LogP contribution in [0.1, 0.15) is 41.5 Å². The summed E-state index contributed by atoms with van der Waals surface area (Å²) < 4.78 is 5.04. The summed E-state index contributed by atoms with van der Waals surface area (Å²) in [7, 11) is 0. The first-order valence-electron chi connectivity index (χ1n) is 8.25. The molecule has 0 spiro atoms. The van der Waals surface area contributed by atoms with Gasteiger partial charge in [-0.25, -0.2) is 14.8 Å². The summed E-state index contributed by atoms with van der Waals surface area (Å²) >= 11 is 0. The normalized spacial score (nSPS) is 10.2. The highest BCUT2D eigenvalue weighted by atomic mass is 16.5. The quantitative estimate of drug-likeness (QED) is 0.779. The highest BCUT2D eigenvalue weighted by Crippen LogP contribution is 2.19. The van der Waals surface area contributed by atoms with Crippen molar-refractivity contribution in [1.29, 1.82) is 0 Å². The summed E-state index contributed by atoms with van der Waals surface area (Å²) in [5.74, 6) is -0.227. The van der Waals surface area contributed by atoms with E-state index in [1.165, 1.54) is 12.4 Å². The number of aromatic nitrogens is 2. The predicted octanol–water partition coefficient (Wildman–Crippen LogP) is 2.88. The molecule has 0 bridgehead atoms. The molecule has 7 heteroatoms. The molecule has 0 aliphatic heterocycles. The number of amides is 1. The molecule has 0 aliphatic carbocycles. The van der Waals surface area contributed by atoms with Crippen molar-refractivity contribution in [3.05, 3.63) is 47.8 Å². The fraction of sp³-hybridized carbons (Fsp3) is 0.333. The Morgan fingerprint density at radius 1 is 1.08 bits per heavy atom. The molecule has 1 aromatic carbocycles. The first-order chi connectivity index (χ1) is 12.1. The molecule has 2 rings (SSSR count). The molecule has 0 saturated carbocycles. The van der Waals surface area contributed by atoms with Gasteiger partial charge in [0.2, 0.25) is 5.95 Å². The van der Waals surface area contributed by atoms with E-state index >= 15 is 0 Å². The first kappa shape index (κ1) is 18.4. The van der Waals surface area contributed by atoms with Crippen LogP contribution in [0.5, 0.6) is 0 Å². The van der Waals surface area contributed by atoms with E-state index in [0.29, 0.717) is 42.5 Å². The maximum Gasteiger partial charge on any atom is 0.340 e. The van der Waals surface area contributed by atoms with E-state index in [1.807, 2.05) is 13.8 Å². The number of rotatable bonds is 7. The highest BCUT2D eigenvalue weighted by Gasteiger charge is 2.15. The van der Waals surface area contributed by atoms with Gasteiger partial charge in [0.1, 0.15) is 0 Å². The fourth-order valence-corrected chi connectivity index (χ4v) is 2.30. The number of anilines is 2. The summed E-state index contributed by atoms with van der Waals surface area (Å²) in [6.07, 6.45) is 2.95. The molecule has 1 heterocycles. The standard InChI is InChI=1S/C18H22N4O3/c1-4-22(5-2)16(23)13-11-19-18(20-12-13)21-15-10-8-7-9-14(15)17(24)25-6-3/h7-12H,4-6H2,1-3H3,(H,19,20,21). The lowest BCUT2D eigenvalue weighted by molar-refractivity contribution is 0.0527. The Balaban J connectivity index is 2.17. The van der Waals surface area contributed by atoms with Gasteiger partial charge in [-0.2, -0.15) is 0 Å². The van der Waals surface area contributed by atoms with E-state index < -0.39 is 5.97 Å². The number of hydrogen-bond acceptors (Lipinski definition) is 6. The second-order valence-electron chi connectivity index (χ2n) is 5.16. The maximum atomic E-state index is 12.3. The van der Waals surface area contributed by atoms with Crippen molar-refractivity contribution >= 4 is 23.5 Å². The summed E-state index contributed by atoms with van der Waals surface area (Å²) in [6, 6.07) is 6.96. The van der Waals surface area contributed by atoms with Crippen molar-refractivity contribution in [2.45, 2.75) is 20.8 Å². The van der Waals surface area contributed by atoms with Crippen molar-refractivity contribution in [3.8, 4) is 0 Å². The van der Waals surface area contributed by atoms with E-state index in [-0.39, 0.29) is 5.91 Å². The summed E-state index contributed by atoms with van der Waals surface area (Å²) in [6.45, 7) is 7.15. The van der Waals surface area contributed by atoms with Crippen LogP contribution in [0.2, 0.25) is 0 Å². The molecule has 1 aromatic heterocycles. The molecule has 7 nitrogen and oxygen atoms in total. The molecule has 1 N–H and O–H groups in total. The van der Waals surface area contributed by atoms with Crippen LogP contribution in [0.4, 0.5) is 11.6 Å².